The van der Waals surface area contributed by atoms with Crippen molar-refractivity contribution in [1.82, 2.24) is 10.2 Å². The molecule has 0 aliphatic heterocycles. The van der Waals surface area contributed by atoms with E-state index in [4.69, 9.17) is 11.6 Å². The summed E-state index contributed by atoms with van der Waals surface area (Å²) in [7, 11) is 0. The van der Waals surface area contributed by atoms with Gasteiger partial charge in [0.2, 0.25) is 11.8 Å². The van der Waals surface area contributed by atoms with Crippen LogP contribution in [0.4, 0.5) is 0 Å². The summed E-state index contributed by atoms with van der Waals surface area (Å²) in [6, 6.07) is 26.5. The third-order valence-corrected chi connectivity index (χ3v) is 6.58. The van der Waals surface area contributed by atoms with E-state index in [1.165, 1.54) is 11.8 Å². The van der Waals surface area contributed by atoms with Gasteiger partial charge in [-0.2, -0.15) is 0 Å². The number of nitrogens with one attached hydrogen (secondary N) is 1. The second kappa shape index (κ2) is 13.2. The van der Waals surface area contributed by atoms with Crippen molar-refractivity contribution in [2.45, 2.75) is 37.8 Å². The first-order chi connectivity index (χ1) is 16.4. The van der Waals surface area contributed by atoms with Gasteiger partial charge in [-0.05, 0) is 41.3 Å². The normalized spacial score (nSPS) is 11.8. The number of halogens is 1. The number of nitrogens with zero attached hydrogens (tertiary/aromatic N) is 1. The van der Waals surface area contributed by atoms with Gasteiger partial charge in [0.05, 0.1) is 5.75 Å². The Morgan fingerprint density at radius 3 is 2.12 bits per heavy atom. The number of carbonyl (C=O) groups excluding carboxylic acids is 2. The molecule has 0 heterocycles. The lowest BCUT2D eigenvalue weighted by Gasteiger charge is -2.32. The third kappa shape index (κ3) is 8.23. The lowest BCUT2D eigenvalue weighted by Crippen LogP contribution is -2.51. The molecule has 34 heavy (non-hydrogen) atoms. The molecule has 6 heteroatoms. The maximum Gasteiger partial charge on any atom is 0.243 e. The number of thioether (sulfide) groups is 1. The Kier molecular flexibility index (Phi) is 10.0. The molecule has 1 N–H and O–H groups in total. The second-order valence-electron chi connectivity index (χ2n) is 8.59. The van der Waals surface area contributed by atoms with Crippen LogP contribution in [-0.4, -0.2) is 35.1 Å². The van der Waals surface area contributed by atoms with Crippen molar-refractivity contribution < 1.29 is 9.59 Å². The van der Waals surface area contributed by atoms with Gasteiger partial charge in [0.25, 0.3) is 0 Å². The van der Waals surface area contributed by atoms with Gasteiger partial charge in [-0.3, -0.25) is 9.59 Å². The summed E-state index contributed by atoms with van der Waals surface area (Å²) in [6.07, 6.45) is 0.445. The third-order valence-electron chi connectivity index (χ3n) is 5.33. The van der Waals surface area contributed by atoms with E-state index in [0.717, 1.165) is 16.0 Å². The van der Waals surface area contributed by atoms with E-state index < -0.39 is 6.04 Å². The molecule has 0 bridgehead atoms. The largest absolute Gasteiger partial charge is 0.354 e. The van der Waals surface area contributed by atoms with Gasteiger partial charge in [-0.15, -0.1) is 11.8 Å². The SMILES string of the molecule is CC(C)CNC(=O)C(Cc1ccccc1)N(Cc1ccc(Cl)cc1)C(=O)CSc1ccccc1. The van der Waals surface area contributed by atoms with Crippen LogP contribution in [0.2, 0.25) is 5.02 Å². The Labute approximate surface area is 211 Å². The van der Waals surface area contributed by atoms with E-state index in [0.29, 0.717) is 30.5 Å². The lowest BCUT2D eigenvalue weighted by molar-refractivity contribution is -0.139. The van der Waals surface area contributed by atoms with Crippen LogP contribution in [0, 0.1) is 5.92 Å². The molecule has 0 aliphatic carbocycles. The number of amides is 2. The summed E-state index contributed by atoms with van der Waals surface area (Å²) in [5, 5.41) is 3.68. The summed E-state index contributed by atoms with van der Waals surface area (Å²) in [4.78, 5) is 29.7. The summed E-state index contributed by atoms with van der Waals surface area (Å²) in [6.45, 7) is 5.00. The quantitative estimate of drug-likeness (QED) is 0.340. The van der Waals surface area contributed by atoms with Gasteiger partial charge in [0.15, 0.2) is 0 Å². The smallest absolute Gasteiger partial charge is 0.243 e. The second-order valence-corrected chi connectivity index (χ2v) is 10.1. The van der Waals surface area contributed by atoms with Crippen LogP contribution in [0.3, 0.4) is 0 Å². The van der Waals surface area contributed by atoms with Crippen molar-refractivity contribution in [2.24, 2.45) is 5.92 Å². The predicted molar refractivity (Wildman–Crippen MR) is 141 cm³/mol. The van der Waals surface area contributed by atoms with Crippen LogP contribution in [0.25, 0.3) is 0 Å². The number of carbonyl (C=O) groups is 2. The Bertz CT molecular complexity index is 1040. The van der Waals surface area contributed by atoms with E-state index >= 15 is 0 Å². The zero-order chi connectivity index (χ0) is 24.3. The Morgan fingerprint density at radius 1 is 0.882 bits per heavy atom. The highest BCUT2D eigenvalue weighted by molar-refractivity contribution is 8.00. The van der Waals surface area contributed by atoms with Crippen LogP contribution in [0.5, 0.6) is 0 Å². The minimum atomic E-state index is -0.624. The average Bonchev–Trinajstić information content (AvgIpc) is 2.85. The molecule has 2 amide bonds. The van der Waals surface area contributed by atoms with Gasteiger partial charge in [0.1, 0.15) is 6.04 Å². The van der Waals surface area contributed by atoms with Crippen LogP contribution in [0.15, 0.2) is 89.8 Å². The molecular formula is C28H31ClN2O2S. The molecule has 0 radical (unpaired) electrons. The van der Waals surface area contributed by atoms with Crippen molar-refractivity contribution in [3.63, 3.8) is 0 Å². The van der Waals surface area contributed by atoms with Crippen molar-refractivity contribution >= 4 is 35.2 Å². The highest BCUT2D eigenvalue weighted by atomic mass is 35.5. The molecule has 0 saturated heterocycles. The number of hydrogen-bond acceptors (Lipinski definition) is 3. The first-order valence-electron chi connectivity index (χ1n) is 11.5. The van der Waals surface area contributed by atoms with Crippen LogP contribution in [0.1, 0.15) is 25.0 Å². The standard InChI is InChI=1S/C28H31ClN2O2S/c1-21(2)18-30-28(33)26(17-22-9-5-3-6-10-22)31(19-23-13-15-24(29)16-14-23)27(32)20-34-25-11-7-4-8-12-25/h3-16,21,26H,17-20H2,1-2H3,(H,30,33). The van der Waals surface area contributed by atoms with Crippen LogP contribution >= 0.6 is 23.4 Å². The van der Waals surface area contributed by atoms with Gasteiger partial charge in [-0.25, -0.2) is 0 Å². The van der Waals surface area contributed by atoms with Gasteiger partial charge in [0, 0.05) is 29.4 Å². The van der Waals surface area contributed by atoms with Crippen LogP contribution in [-0.2, 0) is 22.6 Å². The molecule has 0 aliphatic rings. The number of benzene rings is 3. The maximum absolute atomic E-state index is 13.6. The molecule has 3 rings (SSSR count). The molecule has 0 aromatic heterocycles. The Morgan fingerprint density at radius 2 is 1.50 bits per heavy atom. The highest BCUT2D eigenvalue weighted by Crippen LogP contribution is 2.21. The number of rotatable bonds is 11. The summed E-state index contributed by atoms with van der Waals surface area (Å²) < 4.78 is 0. The first-order valence-corrected chi connectivity index (χ1v) is 12.8. The van der Waals surface area contributed by atoms with Crippen molar-refractivity contribution in [3.05, 3.63) is 101 Å². The Balaban J connectivity index is 1.88. The zero-order valence-corrected chi connectivity index (χ0v) is 21.2. The van der Waals surface area contributed by atoms with E-state index in [1.54, 1.807) is 4.90 Å². The monoisotopic (exact) mass is 494 g/mol. The summed E-state index contributed by atoms with van der Waals surface area (Å²) in [5.74, 6) is 0.352. The predicted octanol–water partition coefficient (Wildman–Crippen LogP) is 5.84. The number of hydrogen-bond donors (Lipinski definition) is 1. The lowest BCUT2D eigenvalue weighted by atomic mass is 10.0. The van der Waals surface area contributed by atoms with E-state index in [9.17, 15) is 9.59 Å². The molecule has 1 atom stereocenters. The molecule has 178 valence electrons. The molecular weight excluding hydrogens is 464 g/mol. The summed E-state index contributed by atoms with van der Waals surface area (Å²) >= 11 is 7.55. The molecule has 0 spiro atoms. The minimum absolute atomic E-state index is 0.0792. The van der Waals surface area contributed by atoms with Gasteiger partial charge >= 0.3 is 0 Å². The van der Waals surface area contributed by atoms with E-state index in [-0.39, 0.29) is 17.6 Å². The fourth-order valence-electron chi connectivity index (χ4n) is 3.51. The maximum atomic E-state index is 13.6. The molecule has 4 nitrogen and oxygen atoms in total. The topological polar surface area (TPSA) is 49.4 Å². The van der Waals surface area contributed by atoms with Gasteiger partial charge < -0.3 is 10.2 Å². The van der Waals surface area contributed by atoms with Crippen molar-refractivity contribution in [3.8, 4) is 0 Å². The van der Waals surface area contributed by atoms with Gasteiger partial charge in [-0.1, -0.05) is 86.1 Å². The zero-order valence-electron chi connectivity index (χ0n) is 19.6. The van der Waals surface area contributed by atoms with Crippen molar-refractivity contribution in [2.75, 3.05) is 12.3 Å². The Hall–Kier alpha value is -2.76. The summed E-state index contributed by atoms with van der Waals surface area (Å²) in [5.41, 5.74) is 1.94. The first kappa shape index (κ1) is 25.9. The fraction of sp³-hybridized carbons (Fsp3) is 0.286. The van der Waals surface area contributed by atoms with E-state index in [1.807, 2.05) is 84.9 Å². The average molecular weight is 495 g/mol. The minimum Gasteiger partial charge on any atom is -0.354 e. The van der Waals surface area contributed by atoms with E-state index in [2.05, 4.69) is 19.2 Å². The fourth-order valence-corrected chi connectivity index (χ4v) is 4.44. The molecule has 1 unspecified atom stereocenters. The molecule has 0 fully saturated rings. The van der Waals surface area contributed by atoms with Crippen molar-refractivity contribution in [1.29, 1.82) is 0 Å². The van der Waals surface area contributed by atoms with Crippen LogP contribution < -0.4 is 5.32 Å². The molecule has 3 aromatic carbocycles. The molecule has 3 aromatic rings. The molecule has 0 saturated carbocycles. The highest BCUT2D eigenvalue weighted by Gasteiger charge is 2.30.